The number of anilines is 1. The first-order chi connectivity index (χ1) is 28.2. The zero-order valence-corrected chi connectivity index (χ0v) is 32.1. The van der Waals surface area contributed by atoms with Crippen LogP contribution in [-0.4, -0.2) is 22.8 Å². The summed E-state index contributed by atoms with van der Waals surface area (Å²) in [4.78, 5) is 16.2. The second-order valence-electron chi connectivity index (χ2n) is 15.1. The first kappa shape index (κ1) is 33.7. The molecule has 4 aliphatic rings. The minimum Gasteiger partial charge on any atom is -0.372 e. The zero-order chi connectivity index (χ0) is 37.7. The molecule has 2 aliphatic carbocycles. The van der Waals surface area contributed by atoms with E-state index < -0.39 is 0 Å². The Kier molecular flexibility index (Phi) is 8.36. The van der Waals surface area contributed by atoms with Gasteiger partial charge >= 0.3 is 0 Å². The summed E-state index contributed by atoms with van der Waals surface area (Å²) in [6.07, 6.45) is 21.6. The topological polar surface area (TPSA) is 61.7 Å². The molecule has 2 aromatic heterocycles. The fourth-order valence-electron chi connectivity index (χ4n) is 8.46. The smallest absolute Gasteiger partial charge is 0.159 e. The number of benzene rings is 5. The molecule has 274 valence electrons. The van der Waals surface area contributed by atoms with Crippen LogP contribution in [0.25, 0.3) is 59.5 Å². The molecule has 11 rings (SSSR count). The Labute approximate surface area is 335 Å². The van der Waals surface area contributed by atoms with Crippen molar-refractivity contribution in [2.45, 2.75) is 37.9 Å². The molecule has 57 heavy (non-hydrogen) atoms. The fourth-order valence-corrected chi connectivity index (χ4v) is 9.71. The molecule has 2 unspecified atom stereocenters. The maximum atomic E-state index is 5.52. The van der Waals surface area contributed by atoms with Crippen LogP contribution >= 0.6 is 11.3 Å². The summed E-state index contributed by atoms with van der Waals surface area (Å²) in [5, 5.41) is 11.1. The molecule has 2 aliphatic heterocycles. The molecule has 0 radical (unpaired) electrons. The van der Waals surface area contributed by atoms with Crippen LogP contribution in [-0.2, 0) is 0 Å². The lowest BCUT2D eigenvalue weighted by molar-refractivity contribution is 0.677. The highest BCUT2D eigenvalue weighted by atomic mass is 32.1. The van der Waals surface area contributed by atoms with E-state index in [1.807, 2.05) is 11.3 Å². The number of thiophene rings is 1. The van der Waals surface area contributed by atoms with Crippen molar-refractivity contribution in [2.75, 3.05) is 5.32 Å². The van der Waals surface area contributed by atoms with Gasteiger partial charge in [0.15, 0.2) is 5.84 Å². The van der Waals surface area contributed by atoms with Crippen molar-refractivity contribution in [1.29, 1.82) is 0 Å². The van der Waals surface area contributed by atoms with Crippen LogP contribution in [0, 0.1) is 0 Å². The highest BCUT2D eigenvalue weighted by molar-refractivity contribution is 7.26. The van der Waals surface area contributed by atoms with Crippen LogP contribution in [0.3, 0.4) is 0 Å². The van der Waals surface area contributed by atoms with E-state index >= 15 is 0 Å². The van der Waals surface area contributed by atoms with Gasteiger partial charge in [0.1, 0.15) is 12.0 Å². The standard InChI is InChI=1S/C51H39N5S/c1-5-13-32(14-6-1)38-23-26-40-41-29-39(51-55-49(36-17-9-3-10-18-36)54-50(56-51)37-19-11-4-12-20-37)30-42(48(41)57-45(40)31-38)44-28-25-35-22-21-34-24-27-43(33-15-7-2-8-16-33)52-46(34)47(35)53-44/h1-3,5-9,11,13-17,19-31,43,49,52H,4,10,12,18H2,(H,54,55,56). The average Bonchev–Trinajstić information content (AvgIpc) is 3.67. The van der Waals surface area contributed by atoms with Crippen molar-refractivity contribution in [1.82, 2.24) is 10.3 Å². The van der Waals surface area contributed by atoms with Gasteiger partial charge in [-0.1, -0.05) is 140 Å². The molecule has 0 saturated carbocycles. The quantitative estimate of drug-likeness (QED) is 0.178. The van der Waals surface area contributed by atoms with Crippen molar-refractivity contribution < 1.29 is 0 Å². The molecule has 6 heteroatoms. The maximum Gasteiger partial charge on any atom is 0.159 e. The van der Waals surface area contributed by atoms with Gasteiger partial charge in [-0.2, -0.15) is 0 Å². The predicted molar refractivity (Wildman–Crippen MR) is 241 cm³/mol. The molecule has 2 N–H and O–H groups in total. The van der Waals surface area contributed by atoms with Crippen molar-refractivity contribution in [3.63, 3.8) is 0 Å². The molecule has 4 heterocycles. The summed E-state index contributed by atoms with van der Waals surface area (Å²) in [6.45, 7) is 0. The number of nitrogens with zero attached hydrogens (tertiary/aromatic N) is 3. The molecule has 0 spiro atoms. The number of amidine groups is 2. The molecule has 5 nitrogen and oxygen atoms in total. The Hall–Kier alpha value is -6.63. The fraction of sp³-hybridized carbons (Fsp3) is 0.118. The maximum absolute atomic E-state index is 5.52. The first-order valence-electron chi connectivity index (χ1n) is 19.9. The number of aliphatic imine (C=N–C) groups is 2. The number of allylic oxidation sites excluding steroid dienone is 5. The zero-order valence-electron chi connectivity index (χ0n) is 31.3. The molecule has 2 atom stereocenters. The Morgan fingerprint density at radius 3 is 2.42 bits per heavy atom. The third kappa shape index (κ3) is 6.23. The minimum atomic E-state index is -0.192. The van der Waals surface area contributed by atoms with Gasteiger partial charge in [0, 0.05) is 42.3 Å². The normalized spacial score (nSPS) is 18.7. The summed E-state index contributed by atoms with van der Waals surface area (Å²) in [7, 11) is 0. The highest BCUT2D eigenvalue weighted by Crippen LogP contribution is 2.43. The number of pyridine rings is 1. The van der Waals surface area contributed by atoms with Crippen LogP contribution < -0.4 is 10.6 Å². The van der Waals surface area contributed by atoms with Gasteiger partial charge in [-0.25, -0.2) is 15.0 Å². The Morgan fingerprint density at radius 1 is 0.702 bits per heavy atom. The molecular formula is C51H39N5S. The van der Waals surface area contributed by atoms with E-state index in [-0.39, 0.29) is 12.2 Å². The number of hydrogen-bond donors (Lipinski definition) is 2. The summed E-state index contributed by atoms with van der Waals surface area (Å²) in [5.74, 6) is 1.62. The average molecular weight is 754 g/mol. The number of hydrogen-bond acceptors (Lipinski definition) is 6. The number of aromatic nitrogens is 1. The third-order valence-electron chi connectivity index (χ3n) is 11.4. The Morgan fingerprint density at radius 2 is 1.58 bits per heavy atom. The minimum absolute atomic E-state index is 0.0630. The molecule has 7 aromatic rings. The van der Waals surface area contributed by atoms with Crippen molar-refractivity contribution in [3.8, 4) is 22.4 Å². The Bertz CT molecular complexity index is 2960. The van der Waals surface area contributed by atoms with Gasteiger partial charge in [-0.15, -0.1) is 11.3 Å². The van der Waals surface area contributed by atoms with Crippen LogP contribution in [0.15, 0.2) is 179 Å². The SMILES string of the molecule is C1=CCCC(C2N=C(c3cc(-c4ccc5ccc6c(c5n4)NC(c4ccccc4)C=C6)c4sc5cc(-c6ccccc6)ccc5c4c3)N=C(C3=CCCC=C3)N2)=C1. The van der Waals surface area contributed by atoms with Crippen molar-refractivity contribution in [3.05, 3.63) is 186 Å². The number of nitrogens with one attached hydrogen (secondary N) is 2. The number of rotatable bonds is 6. The summed E-state index contributed by atoms with van der Waals surface area (Å²) in [5.41, 5.74) is 12.2. The predicted octanol–water partition coefficient (Wildman–Crippen LogP) is 12.7. The van der Waals surface area contributed by atoms with E-state index in [0.717, 1.165) is 81.9 Å². The Balaban J connectivity index is 1.11. The molecular weight excluding hydrogens is 715 g/mol. The number of fused-ring (bicyclic) bond motifs is 6. The summed E-state index contributed by atoms with van der Waals surface area (Å²) >= 11 is 1.84. The van der Waals surface area contributed by atoms with Crippen molar-refractivity contribution in [2.24, 2.45) is 9.98 Å². The lowest BCUT2D eigenvalue weighted by Gasteiger charge is -2.27. The van der Waals surface area contributed by atoms with E-state index in [0.29, 0.717) is 0 Å². The monoisotopic (exact) mass is 753 g/mol. The molecule has 0 bridgehead atoms. The van der Waals surface area contributed by atoms with Gasteiger partial charge in [0.2, 0.25) is 0 Å². The van der Waals surface area contributed by atoms with Gasteiger partial charge in [-0.05, 0) is 77.8 Å². The van der Waals surface area contributed by atoms with E-state index in [9.17, 15) is 0 Å². The molecule has 0 saturated heterocycles. The van der Waals surface area contributed by atoms with Crippen LogP contribution in [0.2, 0.25) is 0 Å². The van der Waals surface area contributed by atoms with Crippen LogP contribution in [0.4, 0.5) is 5.69 Å². The van der Waals surface area contributed by atoms with Crippen molar-refractivity contribution >= 4 is 65.8 Å². The van der Waals surface area contributed by atoms with E-state index in [1.165, 1.54) is 42.4 Å². The van der Waals surface area contributed by atoms with E-state index in [4.69, 9.17) is 15.0 Å². The van der Waals surface area contributed by atoms with E-state index in [1.54, 1.807) is 0 Å². The highest BCUT2D eigenvalue weighted by Gasteiger charge is 2.26. The molecule has 5 aromatic carbocycles. The lowest BCUT2D eigenvalue weighted by Crippen LogP contribution is -2.40. The second kappa shape index (κ2) is 14.1. The van der Waals surface area contributed by atoms with Gasteiger partial charge in [-0.3, -0.25) is 0 Å². The van der Waals surface area contributed by atoms with Crippen LogP contribution in [0.1, 0.15) is 48.4 Å². The summed E-state index contributed by atoms with van der Waals surface area (Å²) in [6, 6.07) is 41.5. The van der Waals surface area contributed by atoms with Gasteiger partial charge in [0.05, 0.1) is 22.9 Å². The second-order valence-corrected chi connectivity index (χ2v) is 16.1. The van der Waals surface area contributed by atoms with Gasteiger partial charge in [0.25, 0.3) is 0 Å². The largest absolute Gasteiger partial charge is 0.372 e. The van der Waals surface area contributed by atoms with Crippen LogP contribution in [0.5, 0.6) is 0 Å². The summed E-state index contributed by atoms with van der Waals surface area (Å²) < 4.78 is 2.45. The molecule has 0 amide bonds. The third-order valence-corrected chi connectivity index (χ3v) is 12.6. The van der Waals surface area contributed by atoms with Gasteiger partial charge < -0.3 is 10.6 Å². The van der Waals surface area contributed by atoms with E-state index in [2.05, 4.69) is 175 Å². The molecule has 0 fully saturated rings. The lowest BCUT2D eigenvalue weighted by atomic mass is 9.97. The first-order valence-corrected chi connectivity index (χ1v) is 20.7.